The lowest BCUT2D eigenvalue weighted by molar-refractivity contribution is -0.352. The maximum atomic E-state index is 14.7. The molecule has 0 radical (unpaired) electrons. The molecule has 3 aliphatic heterocycles. The molecule has 2 aromatic carbocycles. The Labute approximate surface area is 336 Å². The molecule has 0 amide bonds. The van der Waals surface area contributed by atoms with Crippen molar-refractivity contribution in [3.8, 4) is 34.3 Å². The molecule has 11 N–H and O–H groups in total. The largest absolute Gasteiger partial charge is 0.507 e. The number of hydrogen-bond acceptors (Lipinski definition) is 20. The van der Waals surface area contributed by atoms with Gasteiger partial charge in [-0.3, -0.25) is 4.79 Å². The van der Waals surface area contributed by atoms with Crippen LogP contribution in [0.2, 0.25) is 0 Å². The topological polar surface area (TPSA) is 317 Å². The van der Waals surface area contributed by atoms with E-state index >= 15 is 0 Å². The van der Waals surface area contributed by atoms with Crippen molar-refractivity contribution in [2.75, 3.05) is 13.7 Å². The van der Waals surface area contributed by atoms with E-state index in [0.717, 1.165) is 6.07 Å². The number of methoxy groups -OCH3 is 1. The molecular weight excluding hydrogens is 788 g/mol. The van der Waals surface area contributed by atoms with Gasteiger partial charge in [-0.05, 0) is 45.0 Å². The number of phenols is 1. The average Bonchev–Trinajstić information content (AvgIpc) is 3.21. The number of phenolic OH excluding ortho intramolecular Hbond substituents is 1. The van der Waals surface area contributed by atoms with Crippen LogP contribution in [0.5, 0.6) is 23.0 Å². The molecule has 3 aliphatic rings. The van der Waals surface area contributed by atoms with Crippen molar-refractivity contribution in [3.05, 3.63) is 58.3 Å². The number of aromatic hydroxyl groups is 1. The first-order valence-electron chi connectivity index (χ1n) is 18.7. The van der Waals surface area contributed by atoms with E-state index in [4.69, 9.17) is 37.6 Å². The van der Waals surface area contributed by atoms with Gasteiger partial charge in [0.15, 0.2) is 18.2 Å². The molecule has 20 nitrogen and oxygen atoms in total. The molecule has 3 fully saturated rings. The second-order valence-corrected chi connectivity index (χ2v) is 14.9. The fourth-order valence-electron chi connectivity index (χ4n) is 6.99. The van der Waals surface area contributed by atoms with Crippen molar-refractivity contribution in [3.63, 3.8) is 0 Å². The third-order valence-corrected chi connectivity index (χ3v) is 10.7. The van der Waals surface area contributed by atoms with Gasteiger partial charge in [-0.25, -0.2) is 0 Å². The summed E-state index contributed by atoms with van der Waals surface area (Å²) in [5.74, 6) is -1.65. The lowest BCUT2D eigenvalue weighted by atomic mass is 9.97. The summed E-state index contributed by atoms with van der Waals surface area (Å²) in [6, 6.07) is 6.98. The highest BCUT2D eigenvalue weighted by molar-refractivity contribution is 5.91. The van der Waals surface area contributed by atoms with E-state index in [9.17, 15) is 61.0 Å². The molecule has 0 spiro atoms. The zero-order chi connectivity index (χ0) is 43.2. The van der Waals surface area contributed by atoms with Gasteiger partial charge >= 0.3 is 0 Å². The van der Waals surface area contributed by atoms with E-state index in [1.165, 1.54) is 52.1 Å². The Kier molecular flexibility index (Phi) is 13.6. The summed E-state index contributed by atoms with van der Waals surface area (Å²) in [5.41, 5.74) is -1.05. The van der Waals surface area contributed by atoms with Crippen LogP contribution in [0.3, 0.4) is 0 Å². The summed E-state index contributed by atoms with van der Waals surface area (Å²) in [6.45, 7) is 7.31. The normalized spacial score (nSPS) is 35.6. The Morgan fingerprint density at radius 1 is 0.797 bits per heavy atom. The van der Waals surface area contributed by atoms with E-state index < -0.39 is 127 Å². The summed E-state index contributed by atoms with van der Waals surface area (Å²) < 4.78 is 46.6. The standard InChI is InChI=1S/C39H50O20/c1-13(2)19(41)10-18-21(55-38-32(51)29(48)26(45)22(12-40)56-38)11-20(42)23-27(46)35(33(57-34(18)23)16-6-8-17(52-5)9-7-16)58-39-36(30(49)25(44)15(4)54-39)59-37-31(50)28(47)24(43)14(3)53-37/h6-9,11,14-15,19,22,24-26,28-32,36-45,47-51H,1,10,12H2,2-5H3. The maximum Gasteiger partial charge on any atom is 0.239 e. The number of rotatable bonds is 12. The van der Waals surface area contributed by atoms with Crippen molar-refractivity contribution < 1.29 is 93.7 Å². The van der Waals surface area contributed by atoms with Crippen LogP contribution in [0.4, 0.5) is 0 Å². The van der Waals surface area contributed by atoms with E-state index in [2.05, 4.69) is 6.58 Å². The number of fused-ring (bicyclic) bond motifs is 1. The molecule has 59 heavy (non-hydrogen) atoms. The quantitative estimate of drug-likeness (QED) is 0.0870. The van der Waals surface area contributed by atoms with Gasteiger partial charge in [-0.15, -0.1) is 0 Å². The van der Waals surface area contributed by atoms with Crippen LogP contribution in [0.25, 0.3) is 22.3 Å². The number of hydrogen-bond donors (Lipinski definition) is 11. The predicted molar refractivity (Wildman–Crippen MR) is 199 cm³/mol. The number of ether oxygens (including phenoxy) is 7. The zero-order valence-corrected chi connectivity index (χ0v) is 32.3. The van der Waals surface area contributed by atoms with Crippen molar-refractivity contribution >= 4 is 11.0 Å². The molecule has 0 saturated carbocycles. The maximum absolute atomic E-state index is 14.7. The fourth-order valence-corrected chi connectivity index (χ4v) is 6.99. The highest BCUT2D eigenvalue weighted by Gasteiger charge is 2.51. The lowest BCUT2D eigenvalue weighted by Crippen LogP contribution is -2.63. The van der Waals surface area contributed by atoms with Crippen molar-refractivity contribution in [1.82, 2.24) is 0 Å². The molecule has 326 valence electrons. The van der Waals surface area contributed by atoms with Crippen LogP contribution in [-0.2, 0) is 25.4 Å². The minimum atomic E-state index is -1.89. The molecule has 4 heterocycles. The van der Waals surface area contributed by atoms with E-state index in [1.807, 2.05) is 0 Å². The van der Waals surface area contributed by atoms with Crippen LogP contribution < -0.4 is 19.6 Å². The van der Waals surface area contributed by atoms with Crippen molar-refractivity contribution in [2.45, 2.75) is 125 Å². The first-order valence-corrected chi connectivity index (χ1v) is 18.7. The van der Waals surface area contributed by atoms with E-state index in [0.29, 0.717) is 5.75 Å². The van der Waals surface area contributed by atoms with Crippen molar-refractivity contribution in [1.29, 1.82) is 0 Å². The second kappa shape index (κ2) is 17.9. The van der Waals surface area contributed by atoms with Crippen LogP contribution in [0.15, 0.2) is 51.7 Å². The Morgan fingerprint density at radius 3 is 2.00 bits per heavy atom. The van der Waals surface area contributed by atoms with Crippen LogP contribution >= 0.6 is 0 Å². The Morgan fingerprint density at radius 2 is 1.39 bits per heavy atom. The van der Waals surface area contributed by atoms with Gasteiger partial charge in [0.1, 0.15) is 83.2 Å². The third-order valence-electron chi connectivity index (χ3n) is 10.7. The lowest BCUT2D eigenvalue weighted by Gasteiger charge is -2.45. The number of aliphatic hydroxyl groups is 10. The van der Waals surface area contributed by atoms with Gasteiger partial charge in [-0.1, -0.05) is 12.2 Å². The minimum absolute atomic E-state index is 0.0794. The molecule has 16 unspecified atom stereocenters. The zero-order valence-electron chi connectivity index (χ0n) is 32.3. The van der Waals surface area contributed by atoms with Gasteiger partial charge in [-0.2, -0.15) is 0 Å². The number of aliphatic hydroxyl groups excluding tert-OH is 10. The van der Waals surface area contributed by atoms with Gasteiger partial charge in [0, 0.05) is 23.6 Å². The summed E-state index contributed by atoms with van der Waals surface area (Å²) in [5, 5.41) is 117. The summed E-state index contributed by atoms with van der Waals surface area (Å²) in [7, 11) is 1.42. The van der Waals surface area contributed by atoms with Crippen molar-refractivity contribution in [2.24, 2.45) is 0 Å². The van der Waals surface area contributed by atoms with Gasteiger partial charge < -0.3 is 93.7 Å². The Bertz CT molecular complexity index is 2000. The first-order chi connectivity index (χ1) is 27.9. The molecule has 0 aliphatic carbocycles. The van der Waals surface area contributed by atoms with E-state index in [-0.39, 0.29) is 40.2 Å². The van der Waals surface area contributed by atoms with E-state index in [1.54, 1.807) is 0 Å². The molecule has 16 atom stereocenters. The molecule has 6 rings (SSSR count). The van der Waals surface area contributed by atoms with Crippen LogP contribution in [0, 0.1) is 0 Å². The van der Waals surface area contributed by atoms with Gasteiger partial charge in [0.2, 0.25) is 23.8 Å². The highest BCUT2D eigenvalue weighted by Crippen LogP contribution is 2.42. The third kappa shape index (κ3) is 8.65. The fraction of sp³-hybridized carbons (Fsp3) is 0.564. The Balaban J connectivity index is 1.52. The predicted octanol–water partition coefficient (Wildman–Crippen LogP) is -2.11. The summed E-state index contributed by atoms with van der Waals surface area (Å²) in [6.07, 6.45) is -26.2. The monoisotopic (exact) mass is 838 g/mol. The number of benzene rings is 2. The first kappa shape index (κ1) is 44.6. The summed E-state index contributed by atoms with van der Waals surface area (Å²) in [4.78, 5) is 14.7. The Hall–Kier alpha value is -3.97. The molecular formula is C39H50O20. The molecule has 20 heteroatoms. The van der Waals surface area contributed by atoms with Crippen LogP contribution in [-0.4, -0.2) is 168 Å². The van der Waals surface area contributed by atoms with Crippen LogP contribution in [0.1, 0.15) is 26.3 Å². The van der Waals surface area contributed by atoms with Gasteiger partial charge in [0.05, 0.1) is 32.0 Å². The summed E-state index contributed by atoms with van der Waals surface area (Å²) >= 11 is 0. The average molecular weight is 839 g/mol. The SMILES string of the molecule is C=C(C)C(O)Cc1c(OC2OC(CO)C(O)C(O)C2O)cc(O)c2c(=O)c(OC3OC(C)C(O)C(O)C3OC3OC(C)C(O)C(O)C3O)c(-c3ccc(OC)cc3)oc12. The smallest absolute Gasteiger partial charge is 0.239 e. The van der Waals surface area contributed by atoms with Gasteiger partial charge in [0.25, 0.3) is 0 Å². The second-order valence-electron chi connectivity index (χ2n) is 14.9. The molecule has 1 aromatic heterocycles. The molecule has 0 bridgehead atoms. The minimum Gasteiger partial charge on any atom is -0.507 e. The highest BCUT2D eigenvalue weighted by atomic mass is 16.8. The molecule has 3 aromatic rings. The molecule has 3 saturated heterocycles.